The Morgan fingerprint density at radius 2 is 1.50 bits per heavy atom. The van der Waals surface area contributed by atoms with Crippen LogP contribution in [-0.2, 0) is 4.79 Å². The molecule has 3 nitrogen and oxygen atoms in total. The number of carboxylic acids is 1. The highest BCUT2D eigenvalue weighted by Crippen LogP contribution is 1.98. The predicted molar refractivity (Wildman–Crippen MR) is 71.6 cm³/mol. The number of carbonyl (C=O) groups excluding carboxylic acids is 1. The monoisotopic (exact) mass is 238 g/mol. The highest BCUT2D eigenvalue weighted by molar-refractivity contribution is 7.04. The van der Waals surface area contributed by atoms with Crippen molar-refractivity contribution in [1.82, 2.24) is 0 Å². The summed E-state index contributed by atoms with van der Waals surface area (Å²) >= 11 is 0. The van der Waals surface area contributed by atoms with Crippen LogP contribution in [0, 0.1) is 0 Å². The molecule has 2 rings (SSSR count). The van der Waals surface area contributed by atoms with Gasteiger partial charge in [0.2, 0.25) is 0 Å². The summed E-state index contributed by atoms with van der Waals surface area (Å²) in [7, 11) is 0. The van der Waals surface area contributed by atoms with Crippen LogP contribution >= 0.6 is 0 Å². The van der Waals surface area contributed by atoms with Crippen molar-refractivity contribution in [3.05, 3.63) is 60.2 Å². The Bertz CT molecular complexity index is 549. The van der Waals surface area contributed by atoms with Crippen molar-refractivity contribution in [3.63, 3.8) is 0 Å². The lowest BCUT2D eigenvalue weighted by Gasteiger charge is -2.07. The summed E-state index contributed by atoms with van der Waals surface area (Å²) in [6.07, 6.45) is 0.866. The molecule has 0 unspecified atom stereocenters. The van der Waals surface area contributed by atoms with Crippen LogP contribution in [0.25, 0.3) is 0 Å². The maximum atomic E-state index is 11.2. The maximum Gasteiger partial charge on any atom is 0.335 e. The van der Waals surface area contributed by atoms with E-state index >= 15 is 0 Å². The molecular weight excluding hydrogens is 227 g/mol. The molecule has 0 fully saturated rings. The summed E-state index contributed by atoms with van der Waals surface area (Å²) in [6.45, 7) is -0.353. The number of aromatic carboxylic acids is 1. The molecule has 0 spiro atoms. The lowest BCUT2D eigenvalue weighted by molar-refractivity contribution is 0.0697. The first-order valence-electron chi connectivity index (χ1n) is 5.56. The number of hydrogen-bond acceptors (Lipinski definition) is 2. The van der Waals surface area contributed by atoms with Gasteiger partial charge in [-0.2, -0.15) is 0 Å². The zero-order valence-electron chi connectivity index (χ0n) is 9.61. The summed E-state index contributed by atoms with van der Waals surface area (Å²) in [4.78, 5) is 22.0. The van der Waals surface area contributed by atoms with E-state index < -0.39 is 5.97 Å². The van der Waals surface area contributed by atoms with E-state index in [0.717, 1.165) is 17.1 Å². The smallest absolute Gasteiger partial charge is 0.335 e. The third kappa shape index (κ3) is 2.48. The second kappa shape index (κ2) is 5.32. The minimum atomic E-state index is -0.969. The Balaban J connectivity index is 2.34. The molecule has 0 heterocycles. The van der Waals surface area contributed by atoms with Gasteiger partial charge in [-0.3, -0.25) is 0 Å². The molecule has 2 aromatic rings. The van der Waals surface area contributed by atoms with E-state index in [-0.39, 0.29) is 12.3 Å². The van der Waals surface area contributed by atoms with Gasteiger partial charge in [0.1, 0.15) is 0 Å². The molecule has 0 aliphatic rings. The van der Waals surface area contributed by atoms with Crippen molar-refractivity contribution in [3.8, 4) is 0 Å². The van der Waals surface area contributed by atoms with Crippen LogP contribution in [0.2, 0.25) is 0 Å². The summed E-state index contributed by atoms with van der Waals surface area (Å²) < 4.78 is 0. The SMILES string of the molecule is O=CB(c1ccccc1)c1ccc(C(=O)O)cc1. The van der Waals surface area contributed by atoms with Gasteiger partial charge in [-0.15, -0.1) is 0 Å². The number of carboxylic acid groups (broad SMARTS) is 1. The summed E-state index contributed by atoms with van der Waals surface area (Å²) in [5.74, 6) is -0.969. The molecule has 0 saturated heterocycles. The second-order valence-electron chi connectivity index (χ2n) is 3.95. The van der Waals surface area contributed by atoms with Gasteiger partial charge in [0.05, 0.1) is 11.7 Å². The van der Waals surface area contributed by atoms with Gasteiger partial charge in [-0.1, -0.05) is 53.4 Å². The second-order valence-corrected chi connectivity index (χ2v) is 3.95. The zero-order valence-corrected chi connectivity index (χ0v) is 9.61. The van der Waals surface area contributed by atoms with Gasteiger partial charge in [0.15, 0.2) is 0 Å². The standard InChI is InChI=1S/C14H11BO3/c16-10-15(12-4-2-1-3-5-12)13-8-6-11(7-9-13)14(17)18/h1-10H,(H,17,18). The molecule has 2 aromatic carbocycles. The largest absolute Gasteiger partial charge is 0.478 e. The normalized spacial score (nSPS) is 9.78. The van der Waals surface area contributed by atoms with E-state index in [9.17, 15) is 9.59 Å². The number of carbonyl (C=O) groups is 2. The first-order chi connectivity index (χ1) is 8.72. The zero-order chi connectivity index (χ0) is 13.0. The average molecular weight is 238 g/mol. The maximum absolute atomic E-state index is 11.2. The Morgan fingerprint density at radius 3 is 2.00 bits per heavy atom. The number of benzene rings is 2. The van der Waals surface area contributed by atoms with Gasteiger partial charge >= 0.3 is 5.97 Å². The molecule has 0 aromatic heterocycles. The van der Waals surface area contributed by atoms with Crippen LogP contribution in [0.3, 0.4) is 0 Å². The summed E-state index contributed by atoms with van der Waals surface area (Å²) in [5, 5.41) is 8.82. The van der Waals surface area contributed by atoms with Crippen molar-refractivity contribution >= 4 is 29.8 Å². The third-order valence-electron chi connectivity index (χ3n) is 2.81. The van der Waals surface area contributed by atoms with Crippen LogP contribution in [0.15, 0.2) is 54.6 Å². The van der Waals surface area contributed by atoms with Crippen LogP contribution < -0.4 is 10.9 Å². The fourth-order valence-electron chi connectivity index (χ4n) is 1.84. The number of rotatable bonds is 4. The molecule has 0 aliphatic heterocycles. The molecule has 0 aliphatic carbocycles. The minimum Gasteiger partial charge on any atom is -0.478 e. The Labute approximate surface area is 105 Å². The summed E-state index contributed by atoms with van der Waals surface area (Å²) in [5.41, 5.74) is 1.91. The quantitative estimate of drug-likeness (QED) is 0.632. The van der Waals surface area contributed by atoms with Crippen molar-refractivity contribution < 1.29 is 14.7 Å². The lowest BCUT2D eigenvalue weighted by atomic mass is 9.42. The lowest BCUT2D eigenvalue weighted by Crippen LogP contribution is -2.43. The molecule has 0 bridgehead atoms. The Kier molecular flexibility index (Phi) is 3.58. The first-order valence-corrected chi connectivity index (χ1v) is 5.56. The molecule has 1 N–H and O–H groups in total. The molecule has 88 valence electrons. The van der Waals surface area contributed by atoms with Gasteiger partial charge in [-0.05, 0) is 12.1 Å². The highest BCUT2D eigenvalue weighted by Gasteiger charge is 2.18. The van der Waals surface area contributed by atoms with E-state index in [1.807, 2.05) is 30.3 Å². The highest BCUT2D eigenvalue weighted by atomic mass is 16.4. The van der Waals surface area contributed by atoms with Crippen LogP contribution in [0.5, 0.6) is 0 Å². The number of hydrogen-bond donors (Lipinski definition) is 1. The van der Waals surface area contributed by atoms with Crippen LogP contribution in [0.1, 0.15) is 10.4 Å². The Hall–Kier alpha value is -2.36. The molecule has 0 atom stereocenters. The van der Waals surface area contributed by atoms with E-state index in [4.69, 9.17) is 5.11 Å². The van der Waals surface area contributed by atoms with Gasteiger partial charge < -0.3 is 9.90 Å². The van der Waals surface area contributed by atoms with Crippen LogP contribution in [-0.4, -0.2) is 24.0 Å². The molecule has 18 heavy (non-hydrogen) atoms. The van der Waals surface area contributed by atoms with E-state index in [1.54, 1.807) is 12.1 Å². The van der Waals surface area contributed by atoms with Crippen molar-refractivity contribution in [2.24, 2.45) is 0 Å². The Morgan fingerprint density at radius 1 is 0.944 bits per heavy atom. The topological polar surface area (TPSA) is 54.4 Å². The van der Waals surface area contributed by atoms with Gasteiger partial charge in [0, 0.05) is 0 Å². The molecule has 4 heteroatoms. The van der Waals surface area contributed by atoms with Crippen molar-refractivity contribution in [2.45, 2.75) is 0 Å². The van der Waals surface area contributed by atoms with E-state index in [1.165, 1.54) is 12.1 Å². The van der Waals surface area contributed by atoms with E-state index in [2.05, 4.69) is 0 Å². The van der Waals surface area contributed by atoms with Crippen molar-refractivity contribution in [2.75, 3.05) is 0 Å². The predicted octanol–water partition coefficient (Wildman–Crippen LogP) is 0.766. The molecule has 0 amide bonds. The van der Waals surface area contributed by atoms with Crippen molar-refractivity contribution in [1.29, 1.82) is 0 Å². The van der Waals surface area contributed by atoms with Crippen LogP contribution in [0.4, 0.5) is 0 Å². The first kappa shape index (κ1) is 12.1. The molecule has 0 radical (unpaired) electrons. The summed E-state index contributed by atoms with van der Waals surface area (Å²) in [6, 6.07) is 15.8. The van der Waals surface area contributed by atoms with E-state index in [0.29, 0.717) is 0 Å². The van der Waals surface area contributed by atoms with Gasteiger partial charge in [-0.25, -0.2) is 4.79 Å². The average Bonchev–Trinajstić information content (AvgIpc) is 2.41. The fraction of sp³-hybridized carbons (Fsp3) is 0. The minimum absolute atomic E-state index is 0.219. The molecule has 0 saturated carbocycles. The molecular formula is C14H11BO3. The van der Waals surface area contributed by atoms with Gasteiger partial charge in [0.25, 0.3) is 6.71 Å². The fourth-order valence-corrected chi connectivity index (χ4v) is 1.84. The third-order valence-corrected chi connectivity index (χ3v) is 2.81.